The first-order valence-electron chi connectivity index (χ1n) is 7.76. The van der Waals surface area contributed by atoms with Crippen LogP contribution in [0.4, 0.5) is 0 Å². The van der Waals surface area contributed by atoms with Gasteiger partial charge < -0.3 is 14.6 Å². The van der Waals surface area contributed by atoms with Crippen LogP contribution in [0.15, 0.2) is 53.7 Å². The molecule has 0 spiro atoms. The molecule has 6 nitrogen and oxygen atoms in total. The number of aromatic nitrogens is 3. The molecule has 0 radical (unpaired) electrons. The van der Waals surface area contributed by atoms with Crippen molar-refractivity contribution in [2.75, 3.05) is 5.75 Å². The summed E-state index contributed by atoms with van der Waals surface area (Å²) in [5.74, 6) is -0.141. The second-order valence-corrected chi connectivity index (χ2v) is 6.78. The topological polar surface area (TPSA) is 80.1 Å². The van der Waals surface area contributed by atoms with Gasteiger partial charge in [0.15, 0.2) is 11.0 Å². The van der Waals surface area contributed by atoms with Gasteiger partial charge in [-0.05, 0) is 42.8 Å². The molecule has 1 aromatic heterocycles. The molecule has 0 aliphatic rings. The van der Waals surface area contributed by atoms with Crippen molar-refractivity contribution >= 4 is 29.3 Å². The number of para-hydroxylation sites is 1. The predicted octanol–water partition coefficient (Wildman–Crippen LogP) is 2.65. The van der Waals surface area contributed by atoms with Crippen LogP contribution in [0.2, 0.25) is 5.02 Å². The number of carbonyl (C=O) groups is 1. The second kappa shape index (κ2) is 8.25. The number of rotatable bonds is 7. The number of halogens is 1. The Morgan fingerprint density at radius 2 is 2.00 bits per heavy atom. The summed E-state index contributed by atoms with van der Waals surface area (Å²) in [5, 5.41) is 20.2. The standard InChI is InChI=1S/C18H16ClN3O3S/c1-12-9-14(7-8-15(12)19)25-10-16-20-21-18(26-11-17(23)24)22(16)13-5-3-2-4-6-13/h2-9H,10-11H2,1H3,(H,23,24)/p-1. The maximum Gasteiger partial charge on any atom is 0.196 e. The summed E-state index contributed by atoms with van der Waals surface area (Å²) in [4.78, 5) is 10.8. The first kappa shape index (κ1) is 18.3. The monoisotopic (exact) mass is 388 g/mol. The van der Waals surface area contributed by atoms with Crippen molar-refractivity contribution in [3.8, 4) is 11.4 Å². The molecule has 26 heavy (non-hydrogen) atoms. The summed E-state index contributed by atoms with van der Waals surface area (Å²) in [6.45, 7) is 2.07. The number of carboxylic acid groups (broad SMARTS) is 1. The van der Waals surface area contributed by atoms with Crippen molar-refractivity contribution in [2.24, 2.45) is 0 Å². The largest absolute Gasteiger partial charge is 0.549 e. The molecule has 0 N–H and O–H groups in total. The number of aliphatic carboxylic acids is 1. The Balaban J connectivity index is 1.86. The van der Waals surface area contributed by atoms with Gasteiger partial charge in [0.1, 0.15) is 12.4 Å². The van der Waals surface area contributed by atoms with Gasteiger partial charge in [0.25, 0.3) is 0 Å². The van der Waals surface area contributed by atoms with Crippen LogP contribution in [-0.4, -0.2) is 26.5 Å². The SMILES string of the molecule is Cc1cc(OCc2nnc(SCC(=O)[O-])n2-c2ccccc2)ccc1Cl. The predicted molar refractivity (Wildman–Crippen MR) is 97.6 cm³/mol. The molecule has 0 bridgehead atoms. The van der Waals surface area contributed by atoms with E-state index in [1.165, 1.54) is 0 Å². The highest BCUT2D eigenvalue weighted by Crippen LogP contribution is 2.24. The van der Waals surface area contributed by atoms with Crippen LogP contribution in [0, 0.1) is 6.92 Å². The lowest BCUT2D eigenvalue weighted by atomic mass is 10.2. The molecule has 2 aromatic carbocycles. The summed E-state index contributed by atoms with van der Waals surface area (Å²) in [6, 6.07) is 14.8. The van der Waals surface area contributed by atoms with E-state index in [-0.39, 0.29) is 12.4 Å². The summed E-state index contributed by atoms with van der Waals surface area (Å²) < 4.78 is 7.58. The molecule has 134 valence electrons. The Hall–Kier alpha value is -2.51. The maximum absolute atomic E-state index is 10.8. The molecule has 8 heteroatoms. The number of carboxylic acids is 1. The van der Waals surface area contributed by atoms with Gasteiger partial charge in [-0.25, -0.2) is 0 Å². The molecule has 0 amide bonds. The van der Waals surface area contributed by atoms with Crippen molar-refractivity contribution in [1.82, 2.24) is 14.8 Å². The summed E-state index contributed by atoms with van der Waals surface area (Å²) in [7, 11) is 0. The fraction of sp³-hybridized carbons (Fsp3) is 0.167. The van der Waals surface area contributed by atoms with Gasteiger partial charge >= 0.3 is 0 Å². The number of thioether (sulfide) groups is 1. The molecule has 0 aliphatic heterocycles. The average Bonchev–Trinajstić information content (AvgIpc) is 3.04. The Bertz CT molecular complexity index is 915. The summed E-state index contributed by atoms with van der Waals surface area (Å²) in [5.41, 5.74) is 1.74. The number of aryl methyl sites for hydroxylation is 1. The zero-order valence-corrected chi connectivity index (χ0v) is 15.5. The van der Waals surface area contributed by atoms with Gasteiger partial charge in [-0.1, -0.05) is 41.6 Å². The van der Waals surface area contributed by atoms with Crippen LogP contribution in [0.3, 0.4) is 0 Å². The molecular weight excluding hydrogens is 374 g/mol. The number of hydrogen-bond acceptors (Lipinski definition) is 6. The van der Waals surface area contributed by atoms with Gasteiger partial charge in [-0.15, -0.1) is 10.2 Å². The van der Waals surface area contributed by atoms with E-state index in [0.717, 1.165) is 23.0 Å². The van der Waals surface area contributed by atoms with Crippen molar-refractivity contribution < 1.29 is 14.6 Å². The fourth-order valence-electron chi connectivity index (χ4n) is 2.30. The van der Waals surface area contributed by atoms with E-state index >= 15 is 0 Å². The minimum absolute atomic E-state index is 0.175. The molecule has 0 saturated heterocycles. The Labute approximate surface area is 159 Å². The average molecular weight is 389 g/mol. The van der Waals surface area contributed by atoms with Gasteiger partial charge in [0, 0.05) is 16.5 Å². The van der Waals surface area contributed by atoms with Crippen LogP contribution in [0.25, 0.3) is 5.69 Å². The van der Waals surface area contributed by atoms with Crippen molar-refractivity contribution in [1.29, 1.82) is 0 Å². The molecule has 0 atom stereocenters. The molecule has 3 aromatic rings. The number of benzene rings is 2. The first-order valence-corrected chi connectivity index (χ1v) is 9.12. The Morgan fingerprint density at radius 3 is 2.69 bits per heavy atom. The summed E-state index contributed by atoms with van der Waals surface area (Å²) in [6.07, 6.45) is 0. The van der Waals surface area contributed by atoms with Crippen molar-refractivity contribution in [3.63, 3.8) is 0 Å². The van der Waals surface area contributed by atoms with Crippen LogP contribution in [-0.2, 0) is 11.4 Å². The number of hydrogen-bond donors (Lipinski definition) is 0. The molecule has 0 fully saturated rings. The maximum atomic E-state index is 10.8. The van der Waals surface area contributed by atoms with E-state index in [2.05, 4.69) is 10.2 Å². The normalized spacial score (nSPS) is 10.7. The van der Waals surface area contributed by atoms with Gasteiger partial charge in [-0.2, -0.15) is 0 Å². The quantitative estimate of drug-likeness (QED) is 0.579. The smallest absolute Gasteiger partial charge is 0.196 e. The highest BCUT2D eigenvalue weighted by atomic mass is 35.5. The highest BCUT2D eigenvalue weighted by Gasteiger charge is 2.15. The fourth-order valence-corrected chi connectivity index (χ4v) is 3.10. The lowest BCUT2D eigenvalue weighted by Crippen LogP contribution is -2.24. The van der Waals surface area contributed by atoms with E-state index in [0.29, 0.717) is 21.8 Å². The van der Waals surface area contributed by atoms with E-state index in [9.17, 15) is 9.90 Å². The molecule has 1 heterocycles. The molecule has 0 unspecified atom stereocenters. The highest BCUT2D eigenvalue weighted by molar-refractivity contribution is 7.99. The van der Waals surface area contributed by atoms with Crippen molar-refractivity contribution in [2.45, 2.75) is 18.7 Å². The van der Waals surface area contributed by atoms with Gasteiger partial charge in [-0.3, -0.25) is 4.57 Å². The third-order valence-corrected chi connectivity index (χ3v) is 4.86. The third kappa shape index (κ3) is 4.36. The molecule has 3 rings (SSSR count). The lowest BCUT2D eigenvalue weighted by Gasteiger charge is -2.11. The second-order valence-electron chi connectivity index (χ2n) is 5.43. The number of ether oxygens (including phenoxy) is 1. The third-order valence-electron chi connectivity index (χ3n) is 3.53. The van der Waals surface area contributed by atoms with E-state index in [1.807, 2.05) is 43.3 Å². The van der Waals surface area contributed by atoms with E-state index in [1.54, 1.807) is 16.7 Å². The van der Waals surface area contributed by atoms with Crippen LogP contribution >= 0.6 is 23.4 Å². The Kier molecular flexibility index (Phi) is 5.80. The zero-order chi connectivity index (χ0) is 18.5. The molecular formula is C18H15ClN3O3S-. The van der Waals surface area contributed by atoms with Crippen LogP contribution in [0.1, 0.15) is 11.4 Å². The lowest BCUT2D eigenvalue weighted by molar-refractivity contribution is -0.301. The van der Waals surface area contributed by atoms with Crippen LogP contribution < -0.4 is 9.84 Å². The van der Waals surface area contributed by atoms with E-state index in [4.69, 9.17) is 16.3 Å². The minimum Gasteiger partial charge on any atom is -0.549 e. The molecule has 0 saturated carbocycles. The van der Waals surface area contributed by atoms with E-state index < -0.39 is 5.97 Å². The van der Waals surface area contributed by atoms with Crippen LogP contribution in [0.5, 0.6) is 5.75 Å². The number of nitrogens with zero attached hydrogens (tertiary/aromatic N) is 3. The van der Waals surface area contributed by atoms with Crippen molar-refractivity contribution in [3.05, 3.63) is 64.9 Å². The first-order chi connectivity index (χ1) is 12.5. The Morgan fingerprint density at radius 1 is 1.23 bits per heavy atom. The van der Waals surface area contributed by atoms with Gasteiger partial charge in [0.2, 0.25) is 0 Å². The summed E-state index contributed by atoms with van der Waals surface area (Å²) >= 11 is 7.08. The zero-order valence-electron chi connectivity index (χ0n) is 13.9. The number of carbonyl (C=O) groups excluding carboxylic acids is 1. The van der Waals surface area contributed by atoms with Gasteiger partial charge in [0.05, 0.1) is 5.97 Å². The minimum atomic E-state index is -1.16. The molecule has 0 aliphatic carbocycles.